The molecule has 204 valence electrons. The summed E-state index contributed by atoms with van der Waals surface area (Å²) in [6.07, 6.45) is 5.55. The highest BCUT2D eigenvalue weighted by Crippen LogP contribution is 2.43. The molecule has 3 nitrogen and oxygen atoms in total. The number of furan rings is 1. The van der Waals surface area contributed by atoms with Gasteiger partial charge in [-0.05, 0) is 70.3 Å². The number of aromatic nitrogens is 2. The van der Waals surface area contributed by atoms with Crippen LogP contribution in [0.1, 0.15) is 22.5 Å². The van der Waals surface area contributed by atoms with Crippen molar-refractivity contribution in [3.63, 3.8) is 0 Å². The third-order valence-corrected chi connectivity index (χ3v) is 8.70. The van der Waals surface area contributed by atoms with Crippen LogP contribution in [0, 0.1) is 13.8 Å². The largest absolute Gasteiger partial charge is 0.455 e. The molecule has 0 fully saturated rings. The van der Waals surface area contributed by atoms with E-state index < -0.39 is 0 Å². The first-order valence-electron chi connectivity index (χ1n) is 14.5. The summed E-state index contributed by atoms with van der Waals surface area (Å²) in [5, 5.41) is 7.99. The maximum atomic E-state index is 6.46. The van der Waals surface area contributed by atoms with Gasteiger partial charge in [0.2, 0.25) is 0 Å². The van der Waals surface area contributed by atoms with Gasteiger partial charge >= 0.3 is 0 Å². The summed E-state index contributed by atoms with van der Waals surface area (Å²) in [6.45, 7) is 12.4. The van der Waals surface area contributed by atoms with Gasteiger partial charge in [0.15, 0.2) is 0 Å². The summed E-state index contributed by atoms with van der Waals surface area (Å²) in [7, 11) is 0. The fraction of sp³-hybridized carbons (Fsp3) is 0.0500. The van der Waals surface area contributed by atoms with Crippen LogP contribution in [0.5, 0.6) is 0 Å². The molecule has 0 radical (unpaired) electrons. The zero-order valence-electron chi connectivity index (χ0n) is 24.1. The van der Waals surface area contributed by atoms with Crippen molar-refractivity contribution in [1.82, 2.24) is 9.97 Å². The molecule has 8 rings (SSSR count). The van der Waals surface area contributed by atoms with Crippen molar-refractivity contribution in [2.45, 2.75) is 13.8 Å². The smallest absolute Gasteiger partial charge is 0.143 e. The lowest BCUT2D eigenvalue weighted by molar-refractivity contribution is 0.604. The topological polar surface area (TPSA) is 38.9 Å². The van der Waals surface area contributed by atoms with Crippen LogP contribution in [-0.4, -0.2) is 9.97 Å². The normalized spacial score (nSPS) is 11.7. The molecule has 6 aromatic carbocycles. The fourth-order valence-corrected chi connectivity index (χ4v) is 6.68. The molecule has 0 bridgehead atoms. The molecule has 0 aliphatic carbocycles. The molecular formula is C40H28N2O. The minimum Gasteiger partial charge on any atom is -0.455 e. The first kappa shape index (κ1) is 25.2. The van der Waals surface area contributed by atoms with Crippen LogP contribution in [0.2, 0.25) is 0 Å². The molecule has 8 aromatic rings. The van der Waals surface area contributed by atoms with Crippen molar-refractivity contribution in [1.29, 1.82) is 0 Å². The summed E-state index contributed by atoms with van der Waals surface area (Å²) >= 11 is 0. The maximum absolute atomic E-state index is 6.46. The van der Waals surface area contributed by atoms with Crippen molar-refractivity contribution in [3.05, 3.63) is 133 Å². The van der Waals surface area contributed by atoms with Gasteiger partial charge in [-0.1, -0.05) is 98.1 Å². The third kappa shape index (κ3) is 3.68. The Morgan fingerprint density at radius 1 is 0.628 bits per heavy atom. The van der Waals surface area contributed by atoms with Crippen molar-refractivity contribution in [3.8, 4) is 22.4 Å². The molecule has 43 heavy (non-hydrogen) atoms. The Bertz CT molecular complexity index is 2430. The average Bonchev–Trinajstić information content (AvgIpc) is 3.44. The van der Waals surface area contributed by atoms with E-state index in [1.54, 1.807) is 6.08 Å². The average molecular weight is 553 g/mol. The summed E-state index contributed by atoms with van der Waals surface area (Å²) in [6, 6.07) is 32.1. The van der Waals surface area contributed by atoms with E-state index in [2.05, 4.69) is 118 Å². The van der Waals surface area contributed by atoms with Gasteiger partial charge in [-0.15, -0.1) is 0 Å². The number of aryl methyl sites for hydroxylation is 2. The van der Waals surface area contributed by atoms with Gasteiger partial charge in [0.1, 0.15) is 11.3 Å². The van der Waals surface area contributed by atoms with Crippen LogP contribution in [-0.2, 0) is 0 Å². The lowest BCUT2D eigenvalue weighted by Gasteiger charge is -2.15. The number of nitrogens with zero attached hydrogens (tertiary/aromatic N) is 2. The molecule has 0 saturated carbocycles. The second-order valence-corrected chi connectivity index (χ2v) is 11.2. The molecule has 0 atom stereocenters. The van der Waals surface area contributed by atoms with Crippen molar-refractivity contribution < 1.29 is 4.42 Å². The zero-order chi connectivity index (χ0) is 29.2. The Hall–Kier alpha value is -5.54. The van der Waals surface area contributed by atoms with E-state index >= 15 is 0 Å². The summed E-state index contributed by atoms with van der Waals surface area (Å²) in [5.74, 6) is 0.736. The number of hydrogen-bond donors (Lipinski definition) is 0. The first-order chi connectivity index (χ1) is 21.1. The monoisotopic (exact) mass is 552 g/mol. The van der Waals surface area contributed by atoms with Crippen molar-refractivity contribution in [2.24, 2.45) is 0 Å². The van der Waals surface area contributed by atoms with Gasteiger partial charge in [0.05, 0.1) is 22.9 Å². The molecular weight excluding hydrogens is 524 g/mol. The lowest BCUT2D eigenvalue weighted by atomic mass is 9.90. The Morgan fingerprint density at radius 2 is 1.23 bits per heavy atom. The number of fused-ring (bicyclic) bond motifs is 9. The third-order valence-electron chi connectivity index (χ3n) is 8.70. The van der Waals surface area contributed by atoms with Gasteiger partial charge in [-0.2, -0.15) is 0 Å². The van der Waals surface area contributed by atoms with E-state index in [9.17, 15) is 0 Å². The van der Waals surface area contributed by atoms with Crippen LogP contribution in [0.3, 0.4) is 0 Å². The summed E-state index contributed by atoms with van der Waals surface area (Å²) < 4.78 is 6.46. The quantitative estimate of drug-likeness (QED) is 0.204. The number of hydrogen-bond acceptors (Lipinski definition) is 3. The number of benzene rings is 6. The highest BCUT2D eigenvalue weighted by Gasteiger charge is 2.20. The van der Waals surface area contributed by atoms with E-state index in [0.717, 1.165) is 88.4 Å². The van der Waals surface area contributed by atoms with E-state index in [0.29, 0.717) is 0 Å². The fourth-order valence-electron chi connectivity index (χ4n) is 6.68. The molecule has 0 aliphatic rings. The van der Waals surface area contributed by atoms with Crippen LogP contribution in [0.25, 0.3) is 88.9 Å². The standard InChI is InChI=1S/C40H28N2O/c1-5-26-36(6-2)43-40-34(21-25-13-7-8-14-27(25)37(26)40)32-19-24(4)33(20-23(32)3)35-22-41-38-30-17-11-9-15-28(30)29-16-10-12-18-31(29)39(38)42-35/h5-22H,1-2H2,3-4H3. The SMILES string of the molecule is C=Cc1oc2c(-c3cc(C)c(-c4cnc5c6ccccc6c6ccccc6c5n4)cc3C)cc3ccccc3c2c1C=C. The Kier molecular flexibility index (Phi) is 5.57. The molecule has 3 heteroatoms. The summed E-state index contributed by atoms with van der Waals surface area (Å²) in [4.78, 5) is 10.3. The minimum atomic E-state index is 0.736. The minimum absolute atomic E-state index is 0.736. The van der Waals surface area contributed by atoms with Crippen molar-refractivity contribution in [2.75, 3.05) is 0 Å². The van der Waals surface area contributed by atoms with E-state index in [4.69, 9.17) is 14.4 Å². The molecule has 0 aliphatic heterocycles. The zero-order valence-corrected chi connectivity index (χ0v) is 24.1. The highest BCUT2D eigenvalue weighted by atomic mass is 16.3. The Labute approximate surface area is 249 Å². The van der Waals surface area contributed by atoms with Crippen LogP contribution >= 0.6 is 0 Å². The Morgan fingerprint density at radius 3 is 1.93 bits per heavy atom. The molecule has 0 unspecified atom stereocenters. The summed E-state index contributed by atoms with van der Waals surface area (Å²) in [5.41, 5.74) is 10.1. The maximum Gasteiger partial charge on any atom is 0.143 e. The van der Waals surface area contributed by atoms with Gasteiger partial charge in [-0.3, -0.25) is 4.98 Å². The number of rotatable bonds is 4. The molecule has 2 heterocycles. The lowest BCUT2D eigenvalue weighted by Crippen LogP contribution is -1.95. The van der Waals surface area contributed by atoms with Gasteiger partial charge in [-0.25, -0.2) is 4.98 Å². The predicted molar refractivity (Wildman–Crippen MR) is 182 cm³/mol. The van der Waals surface area contributed by atoms with Gasteiger partial charge in [0.25, 0.3) is 0 Å². The second kappa shape index (κ2) is 9.50. The van der Waals surface area contributed by atoms with E-state index in [1.807, 2.05) is 12.3 Å². The first-order valence-corrected chi connectivity index (χ1v) is 14.5. The molecule has 0 saturated heterocycles. The predicted octanol–water partition coefficient (Wildman–Crippen LogP) is 11.1. The van der Waals surface area contributed by atoms with Crippen LogP contribution in [0.4, 0.5) is 0 Å². The van der Waals surface area contributed by atoms with E-state index in [-0.39, 0.29) is 0 Å². The molecule has 0 N–H and O–H groups in total. The van der Waals surface area contributed by atoms with E-state index in [1.165, 1.54) is 10.8 Å². The molecule has 0 amide bonds. The van der Waals surface area contributed by atoms with Crippen LogP contribution in [0.15, 0.2) is 115 Å². The second-order valence-electron chi connectivity index (χ2n) is 11.2. The van der Waals surface area contributed by atoms with Gasteiger partial charge in [0, 0.05) is 32.8 Å². The van der Waals surface area contributed by atoms with Crippen molar-refractivity contribution >= 4 is 66.5 Å². The highest BCUT2D eigenvalue weighted by molar-refractivity contribution is 6.23. The van der Waals surface area contributed by atoms with Gasteiger partial charge < -0.3 is 4.42 Å². The molecule has 0 spiro atoms. The van der Waals surface area contributed by atoms with Crippen LogP contribution < -0.4 is 0 Å². The molecule has 2 aromatic heterocycles. The Balaban J connectivity index is 1.36.